The van der Waals surface area contributed by atoms with Gasteiger partial charge in [-0.05, 0) is 80.0 Å². The molecule has 4 aliphatic carbocycles. The van der Waals surface area contributed by atoms with Gasteiger partial charge in [0.2, 0.25) is 0 Å². The Labute approximate surface area is 151 Å². The molecular weight excluding hydrogens is 316 g/mol. The second kappa shape index (κ2) is 5.22. The van der Waals surface area contributed by atoms with Gasteiger partial charge in [0.05, 0.1) is 11.5 Å². The smallest absolute Gasteiger partial charge is 0.309 e. The molecule has 0 amide bonds. The van der Waals surface area contributed by atoms with Gasteiger partial charge in [-0.25, -0.2) is 0 Å². The number of hydrogen-bond acceptors (Lipinski definition) is 3. The summed E-state index contributed by atoms with van der Waals surface area (Å²) in [5.41, 5.74) is -0.676. The number of carboxylic acid groups (broad SMARTS) is 1. The molecule has 8 atom stereocenters. The Kier molecular flexibility index (Phi) is 3.71. The van der Waals surface area contributed by atoms with Crippen molar-refractivity contribution in [2.45, 2.75) is 78.2 Å². The van der Waals surface area contributed by atoms with Crippen molar-refractivity contribution >= 4 is 5.97 Å². The first-order valence-electron chi connectivity index (χ1n) is 10.2. The Bertz CT molecular complexity index is 590. The maximum absolute atomic E-state index is 12.1. The third-order valence-electron chi connectivity index (χ3n) is 9.62. The lowest BCUT2D eigenvalue weighted by atomic mass is 9.39. The Morgan fingerprint density at radius 2 is 1.72 bits per heavy atom. The number of aliphatic hydroxyl groups excluding tert-OH is 2. The Morgan fingerprint density at radius 3 is 2.36 bits per heavy atom. The van der Waals surface area contributed by atoms with Gasteiger partial charge >= 0.3 is 5.97 Å². The van der Waals surface area contributed by atoms with Crippen LogP contribution in [0.5, 0.6) is 0 Å². The van der Waals surface area contributed by atoms with E-state index in [1.54, 1.807) is 0 Å². The molecule has 0 aromatic heterocycles. The quantitative estimate of drug-likeness (QED) is 0.713. The minimum atomic E-state index is -0.634. The summed E-state index contributed by atoms with van der Waals surface area (Å²) in [5.74, 6) is -0.0330. The van der Waals surface area contributed by atoms with Crippen LogP contribution < -0.4 is 0 Å². The molecule has 4 aliphatic rings. The second-order valence-electron chi connectivity index (χ2n) is 10.6. The van der Waals surface area contributed by atoms with E-state index in [4.69, 9.17) is 0 Å². The van der Waals surface area contributed by atoms with Crippen LogP contribution in [0.3, 0.4) is 0 Å². The summed E-state index contributed by atoms with van der Waals surface area (Å²) in [6.45, 7) is 6.56. The molecule has 4 heteroatoms. The molecule has 0 radical (unpaired) electrons. The Hall–Kier alpha value is -0.610. The number of carbonyl (C=O) groups is 1. The van der Waals surface area contributed by atoms with E-state index in [1.165, 1.54) is 0 Å². The Morgan fingerprint density at radius 1 is 1.04 bits per heavy atom. The third-order valence-corrected chi connectivity index (χ3v) is 9.62. The predicted octanol–water partition coefficient (Wildman–Crippen LogP) is 3.45. The van der Waals surface area contributed by atoms with Crippen molar-refractivity contribution in [3.8, 4) is 0 Å². The zero-order valence-electron chi connectivity index (χ0n) is 15.9. The van der Waals surface area contributed by atoms with Crippen LogP contribution in [0.25, 0.3) is 0 Å². The van der Waals surface area contributed by atoms with Crippen LogP contribution in [-0.4, -0.2) is 34.0 Å². The van der Waals surface area contributed by atoms with E-state index in [1.807, 2.05) is 6.92 Å². The molecule has 2 bridgehead atoms. The highest BCUT2D eigenvalue weighted by molar-refractivity contribution is 5.75. The van der Waals surface area contributed by atoms with Crippen molar-refractivity contribution in [1.29, 1.82) is 0 Å². The Balaban J connectivity index is 1.78. The first-order valence-corrected chi connectivity index (χ1v) is 10.2. The summed E-state index contributed by atoms with van der Waals surface area (Å²) >= 11 is 0. The van der Waals surface area contributed by atoms with Crippen LogP contribution in [0, 0.1) is 39.4 Å². The minimum absolute atomic E-state index is 0.00314. The highest BCUT2D eigenvalue weighted by Crippen LogP contribution is 2.75. The van der Waals surface area contributed by atoms with Gasteiger partial charge in [0.1, 0.15) is 0 Å². The van der Waals surface area contributed by atoms with Crippen molar-refractivity contribution in [2.24, 2.45) is 39.4 Å². The van der Waals surface area contributed by atoms with Crippen molar-refractivity contribution in [2.75, 3.05) is 6.61 Å². The van der Waals surface area contributed by atoms with Crippen LogP contribution in [0.15, 0.2) is 0 Å². The first-order chi connectivity index (χ1) is 11.6. The van der Waals surface area contributed by atoms with Gasteiger partial charge < -0.3 is 15.3 Å². The van der Waals surface area contributed by atoms with Gasteiger partial charge in [-0.15, -0.1) is 0 Å². The maximum Gasteiger partial charge on any atom is 0.309 e. The lowest BCUT2D eigenvalue weighted by molar-refractivity contribution is -0.189. The van der Waals surface area contributed by atoms with Gasteiger partial charge in [0.15, 0.2) is 0 Å². The van der Waals surface area contributed by atoms with Crippen LogP contribution in [0.4, 0.5) is 0 Å². The summed E-state index contributed by atoms with van der Waals surface area (Å²) in [4.78, 5) is 12.1. The van der Waals surface area contributed by atoms with E-state index in [0.29, 0.717) is 5.92 Å². The van der Waals surface area contributed by atoms with E-state index in [9.17, 15) is 20.1 Å². The summed E-state index contributed by atoms with van der Waals surface area (Å²) in [5, 5.41) is 31.1. The molecule has 0 aromatic rings. The van der Waals surface area contributed by atoms with E-state index in [-0.39, 0.29) is 34.7 Å². The van der Waals surface area contributed by atoms with E-state index in [0.717, 1.165) is 51.4 Å². The van der Waals surface area contributed by atoms with Crippen molar-refractivity contribution in [1.82, 2.24) is 0 Å². The monoisotopic (exact) mass is 350 g/mol. The summed E-state index contributed by atoms with van der Waals surface area (Å²) in [6.07, 6.45) is 7.42. The van der Waals surface area contributed by atoms with E-state index in [2.05, 4.69) is 13.8 Å². The fourth-order valence-electron chi connectivity index (χ4n) is 8.53. The molecule has 0 heterocycles. The molecule has 142 valence electrons. The summed E-state index contributed by atoms with van der Waals surface area (Å²) < 4.78 is 0. The van der Waals surface area contributed by atoms with Gasteiger partial charge in [0, 0.05) is 12.5 Å². The minimum Gasteiger partial charge on any atom is -0.481 e. The lowest BCUT2D eigenvalue weighted by Crippen LogP contribution is -2.60. The molecule has 4 nitrogen and oxygen atoms in total. The largest absolute Gasteiger partial charge is 0.481 e. The summed E-state index contributed by atoms with van der Waals surface area (Å²) in [7, 11) is 0. The molecule has 1 unspecified atom stereocenters. The van der Waals surface area contributed by atoms with Crippen LogP contribution >= 0.6 is 0 Å². The maximum atomic E-state index is 12.1. The number of carboxylic acids is 1. The molecular formula is C21H34O4. The van der Waals surface area contributed by atoms with Crippen molar-refractivity contribution in [3.63, 3.8) is 0 Å². The van der Waals surface area contributed by atoms with Crippen molar-refractivity contribution < 1.29 is 20.1 Å². The molecule has 4 rings (SSSR count). The lowest BCUT2D eigenvalue weighted by Gasteiger charge is -2.64. The molecule has 3 N–H and O–H groups in total. The number of aliphatic hydroxyl groups is 2. The summed E-state index contributed by atoms with van der Waals surface area (Å²) in [6, 6.07) is 0. The molecule has 0 aliphatic heterocycles. The average Bonchev–Trinajstić information content (AvgIpc) is 2.69. The molecule has 0 saturated heterocycles. The number of hydrogen-bond donors (Lipinski definition) is 3. The standard InChI is InChI=1S/C21H34O4/c1-18-9-5-15-19(2)7-4-8-20(3,17(24)25)14(19)6-10-21(15,12-18)13(11-22)16(18)23/h13-16,22-23H,4-12H2,1-3H3,(H,24,25)/t13-,14+,15+,16-,18+,19-,20-,21?/m1/s1. The zero-order chi connectivity index (χ0) is 18.3. The highest BCUT2D eigenvalue weighted by Gasteiger charge is 2.71. The zero-order valence-corrected chi connectivity index (χ0v) is 15.9. The van der Waals surface area contributed by atoms with Crippen LogP contribution in [-0.2, 0) is 4.79 Å². The van der Waals surface area contributed by atoms with E-state index < -0.39 is 17.5 Å². The van der Waals surface area contributed by atoms with Gasteiger partial charge in [-0.2, -0.15) is 0 Å². The second-order valence-corrected chi connectivity index (χ2v) is 10.6. The SMILES string of the molecule is C[C@]12CC[C@@H]3C(CC[C@H]4[C@@]3(C)CCC[C@@]4(C)C(=O)O)(C1)[C@H](CO)[C@H]2O. The number of rotatable bonds is 2. The van der Waals surface area contributed by atoms with Gasteiger partial charge in [-0.3, -0.25) is 4.79 Å². The van der Waals surface area contributed by atoms with Gasteiger partial charge in [-0.1, -0.05) is 20.3 Å². The van der Waals surface area contributed by atoms with Crippen LogP contribution in [0.1, 0.15) is 72.1 Å². The number of fused-ring (bicyclic) bond motifs is 3. The fraction of sp³-hybridized carbons (Fsp3) is 0.952. The number of aliphatic carboxylic acids is 1. The topological polar surface area (TPSA) is 77.8 Å². The normalized spacial score (nSPS) is 57.6. The predicted molar refractivity (Wildman–Crippen MR) is 94.9 cm³/mol. The van der Waals surface area contributed by atoms with Crippen LogP contribution in [0.2, 0.25) is 0 Å². The third kappa shape index (κ3) is 1.99. The molecule has 0 aromatic carbocycles. The molecule has 25 heavy (non-hydrogen) atoms. The fourth-order valence-corrected chi connectivity index (χ4v) is 8.53. The van der Waals surface area contributed by atoms with Gasteiger partial charge in [0.25, 0.3) is 0 Å². The average molecular weight is 350 g/mol. The molecule has 1 spiro atoms. The first kappa shape index (κ1) is 17.8. The molecule has 4 saturated carbocycles. The highest BCUT2D eigenvalue weighted by atomic mass is 16.4. The van der Waals surface area contributed by atoms with Crippen molar-refractivity contribution in [3.05, 3.63) is 0 Å². The van der Waals surface area contributed by atoms with E-state index >= 15 is 0 Å². The molecule has 4 fully saturated rings.